The molecule has 146 valence electrons. The van der Waals surface area contributed by atoms with Crippen molar-refractivity contribution in [2.45, 2.75) is 38.6 Å². The topological polar surface area (TPSA) is 55.4 Å². The summed E-state index contributed by atoms with van der Waals surface area (Å²) in [7, 11) is 4.24. The summed E-state index contributed by atoms with van der Waals surface area (Å²) in [5.74, 6) is -0.445. The van der Waals surface area contributed by atoms with Crippen molar-refractivity contribution in [1.82, 2.24) is 0 Å². The van der Waals surface area contributed by atoms with Crippen molar-refractivity contribution in [1.29, 1.82) is 0 Å². The number of nitrogens with one attached hydrogen (secondary N) is 1. The van der Waals surface area contributed by atoms with Gasteiger partial charge in [-0.1, -0.05) is 6.07 Å². The van der Waals surface area contributed by atoms with Crippen molar-refractivity contribution in [3.8, 4) is 10.4 Å². The third kappa shape index (κ3) is 4.59. The Morgan fingerprint density at radius 2 is 2.00 bits per heavy atom. The van der Waals surface area contributed by atoms with Gasteiger partial charge in [-0.05, 0) is 44.1 Å². The Bertz CT molecular complexity index is 790. The second kappa shape index (κ2) is 8.54. The molecule has 0 aliphatic heterocycles. The van der Waals surface area contributed by atoms with Gasteiger partial charge < -0.3 is 14.5 Å². The molecule has 2 aromatic heterocycles. The van der Waals surface area contributed by atoms with Crippen LogP contribution in [0.4, 0.5) is 5.00 Å². The van der Waals surface area contributed by atoms with E-state index in [-0.39, 0.29) is 11.9 Å². The number of esters is 1. The summed E-state index contributed by atoms with van der Waals surface area (Å²) in [5, 5.41) is 7.45. The van der Waals surface area contributed by atoms with Crippen LogP contribution >= 0.6 is 22.7 Å². The second-order valence-electron chi connectivity index (χ2n) is 7.47. The Balaban J connectivity index is 1.79. The average Bonchev–Trinajstić information content (AvgIpc) is 3.35. The van der Waals surface area contributed by atoms with Crippen molar-refractivity contribution < 1.29 is 18.8 Å². The fourth-order valence-electron chi connectivity index (χ4n) is 3.74. The predicted octanol–water partition coefficient (Wildman–Crippen LogP) is 4.61. The van der Waals surface area contributed by atoms with Gasteiger partial charge in [-0.25, -0.2) is 4.79 Å². The summed E-state index contributed by atoms with van der Waals surface area (Å²) in [6, 6.07) is 4.46. The average molecular weight is 408 g/mol. The van der Waals surface area contributed by atoms with Gasteiger partial charge in [-0.3, -0.25) is 4.79 Å². The highest BCUT2D eigenvalue weighted by molar-refractivity contribution is 7.17. The minimum Gasteiger partial charge on any atom is -0.462 e. The Hall–Kier alpha value is -1.70. The second-order valence-corrected chi connectivity index (χ2v) is 9.30. The van der Waals surface area contributed by atoms with Crippen molar-refractivity contribution in [2.75, 3.05) is 32.6 Å². The predicted molar refractivity (Wildman–Crippen MR) is 111 cm³/mol. The van der Waals surface area contributed by atoms with Gasteiger partial charge >= 0.3 is 5.97 Å². The molecule has 1 fully saturated rings. The molecule has 1 N–H and O–H groups in total. The molecule has 5 nitrogen and oxygen atoms in total. The van der Waals surface area contributed by atoms with E-state index < -0.39 is 0 Å². The molecule has 0 saturated heterocycles. The smallest absolute Gasteiger partial charge is 0.341 e. The third-order valence-electron chi connectivity index (χ3n) is 5.17. The van der Waals surface area contributed by atoms with Gasteiger partial charge in [0, 0.05) is 15.8 Å². The number of anilines is 1. The number of ether oxygens (including phenoxy) is 1. The number of nitrogens with zero attached hydrogens (tertiary/aromatic N) is 1. The molecule has 3 rings (SSSR count). The molecule has 0 bridgehead atoms. The number of carbonyl (C=O) groups excluding carboxylic acids is 2. The van der Waals surface area contributed by atoms with Crippen molar-refractivity contribution in [2.24, 2.45) is 0 Å². The van der Waals surface area contributed by atoms with Gasteiger partial charge in [0.05, 0.1) is 26.7 Å². The van der Waals surface area contributed by atoms with Crippen LogP contribution in [0.25, 0.3) is 10.4 Å². The molecule has 2 heterocycles. The minimum absolute atomic E-state index is 0.0583. The van der Waals surface area contributed by atoms with E-state index in [1.54, 1.807) is 18.3 Å². The first-order valence-electron chi connectivity index (χ1n) is 9.37. The molecule has 2 aromatic rings. The molecule has 1 amide bonds. The van der Waals surface area contributed by atoms with Crippen LogP contribution in [0.3, 0.4) is 0 Å². The summed E-state index contributed by atoms with van der Waals surface area (Å²) in [5.41, 5.74) is 1.29. The van der Waals surface area contributed by atoms with E-state index in [1.807, 2.05) is 22.9 Å². The van der Waals surface area contributed by atoms with Crippen LogP contribution in [-0.2, 0) is 9.53 Å². The molecular formula is C20H27N2O3S2+. The summed E-state index contributed by atoms with van der Waals surface area (Å²) in [4.78, 5) is 26.3. The number of hydrogen-bond acceptors (Lipinski definition) is 5. The highest BCUT2D eigenvalue weighted by atomic mass is 32.1. The summed E-state index contributed by atoms with van der Waals surface area (Å²) >= 11 is 2.95. The lowest BCUT2D eigenvalue weighted by molar-refractivity contribution is -0.906. The molecule has 27 heavy (non-hydrogen) atoms. The molecule has 7 heteroatoms. The Kier molecular flexibility index (Phi) is 6.34. The van der Waals surface area contributed by atoms with Crippen LogP contribution in [0.1, 0.15) is 43.0 Å². The Labute approximate surface area is 168 Å². The van der Waals surface area contributed by atoms with E-state index in [0.29, 0.717) is 34.2 Å². The van der Waals surface area contributed by atoms with E-state index in [9.17, 15) is 9.59 Å². The van der Waals surface area contributed by atoms with Crippen LogP contribution < -0.4 is 5.32 Å². The van der Waals surface area contributed by atoms with E-state index in [0.717, 1.165) is 10.4 Å². The quantitative estimate of drug-likeness (QED) is 0.539. The SMILES string of the molecule is CCOC(=O)c1c(-c2cccs2)csc1NC(=O)C[N+](C)(C)C1CCCC1. The number of rotatable bonds is 7. The number of hydrogen-bond donors (Lipinski definition) is 1. The zero-order valence-corrected chi connectivity index (χ0v) is 17.8. The van der Waals surface area contributed by atoms with E-state index in [1.165, 1.54) is 37.0 Å². The van der Waals surface area contributed by atoms with Crippen molar-refractivity contribution in [3.05, 3.63) is 28.5 Å². The lowest BCUT2D eigenvalue weighted by Crippen LogP contribution is -2.51. The van der Waals surface area contributed by atoms with E-state index >= 15 is 0 Å². The standard InChI is InChI=1S/C20H26N2O3S2/c1-4-25-20(24)18-15(16-10-7-11-26-16)13-27-19(18)21-17(23)12-22(2,3)14-8-5-6-9-14/h7,10-11,13-14H,4-6,8-9,12H2,1-3H3/p+1. The van der Waals surface area contributed by atoms with E-state index in [4.69, 9.17) is 4.74 Å². The van der Waals surface area contributed by atoms with Crippen LogP contribution in [0.2, 0.25) is 0 Å². The van der Waals surface area contributed by atoms with Gasteiger partial charge in [-0.2, -0.15) is 0 Å². The minimum atomic E-state index is -0.387. The van der Waals surface area contributed by atoms with Gasteiger partial charge in [0.2, 0.25) is 0 Å². The van der Waals surface area contributed by atoms with Gasteiger partial charge in [0.1, 0.15) is 10.6 Å². The zero-order valence-electron chi connectivity index (χ0n) is 16.1. The van der Waals surface area contributed by atoms with Crippen LogP contribution in [0.15, 0.2) is 22.9 Å². The number of amides is 1. The molecule has 1 aliphatic carbocycles. The third-order valence-corrected chi connectivity index (χ3v) is 6.97. The first kappa shape index (κ1) is 20.0. The molecule has 0 spiro atoms. The summed E-state index contributed by atoms with van der Waals surface area (Å²) in [6.07, 6.45) is 4.85. The Morgan fingerprint density at radius 3 is 2.63 bits per heavy atom. The Morgan fingerprint density at radius 1 is 1.26 bits per heavy atom. The van der Waals surface area contributed by atoms with E-state index in [2.05, 4.69) is 19.4 Å². The molecular weight excluding hydrogens is 380 g/mol. The molecule has 0 unspecified atom stereocenters. The van der Waals surface area contributed by atoms with Gasteiger partial charge in [0.15, 0.2) is 6.54 Å². The first-order valence-corrected chi connectivity index (χ1v) is 11.1. The fourth-order valence-corrected chi connectivity index (χ4v) is 5.53. The van der Waals surface area contributed by atoms with Crippen LogP contribution in [-0.4, -0.2) is 49.6 Å². The maximum Gasteiger partial charge on any atom is 0.341 e. The van der Waals surface area contributed by atoms with Crippen LogP contribution in [0, 0.1) is 0 Å². The normalized spacial score (nSPS) is 15.1. The first-order chi connectivity index (χ1) is 12.9. The fraction of sp³-hybridized carbons (Fsp3) is 0.500. The lowest BCUT2D eigenvalue weighted by atomic mass is 10.1. The molecule has 0 aromatic carbocycles. The number of quaternary nitrogens is 1. The number of likely N-dealkylation sites (N-methyl/N-ethyl adjacent to an activating group) is 1. The van der Waals surface area contributed by atoms with Crippen molar-refractivity contribution in [3.63, 3.8) is 0 Å². The molecule has 0 atom stereocenters. The largest absolute Gasteiger partial charge is 0.462 e. The maximum absolute atomic E-state index is 12.7. The summed E-state index contributed by atoms with van der Waals surface area (Å²) < 4.78 is 5.93. The molecule has 1 saturated carbocycles. The highest BCUT2D eigenvalue weighted by Crippen LogP contribution is 2.38. The number of carbonyl (C=O) groups is 2. The van der Waals surface area contributed by atoms with Gasteiger partial charge in [0.25, 0.3) is 5.91 Å². The van der Waals surface area contributed by atoms with Gasteiger partial charge in [-0.15, -0.1) is 22.7 Å². The highest BCUT2D eigenvalue weighted by Gasteiger charge is 2.33. The monoisotopic (exact) mass is 407 g/mol. The van der Waals surface area contributed by atoms with Crippen molar-refractivity contribution >= 4 is 39.6 Å². The maximum atomic E-state index is 12.7. The zero-order chi connectivity index (χ0) is 19.4. The number of thiophene rings is 2. The molecule has 0 radical (unpaired) electrons. The molecule has 1 aliphatic rings. The summed E-state index contributed by atoms with van der Waals surface area (Å²) in [6.45, 7) is 2.49. The lowest BCUT2D eigenvalue weighted by Gasteiger charge is -2.35. The van der Waals surface area contributed by atoms with Crippen LogP contribution in [0.5, 0.6) is 0 Å².